The van der Waals surface area contributed by atoms with E-state index in [4.69, 9.17) is 5.11 Å². The highest BCUT2D eigenvalue weighted by Gasteiger charge is 2.32. The van der Waals surface area contributed by atoms with Gasteiger partial charge >= 0.3 is 5.97 Å². The summed E-state index contributed by atoms with van der Waals surface area (Å²) in [4.78, 5) is 28.0. The monoisotopic (exact) mass is 319 g/mol. The number of thioether (sulfide) groups is 1. The van der Waals surface area contributed by atoms with Gasteiger partial charge in [-0.3, -0.25) is 19.9 Å². The molecule has 1 N–H and O–H groups in total. The van der Waals surface area contributed by atoms with Crippen LogP contribution in [0.1, 0.15) is 24.4 Å². The predicted molar refractivity (Wildman–Crippen MR) is 82.5 cm³/mol. The highest BCUT2D eigenvalue weighted by Crippen LogP contribution is 2.38. The van der Waals surface area contributed by atoms with Crippen molar-refractivity contribution in [3.63, 3.8) is 0 Å². The fraction of sp³-hybridized carbons (Fsp3) is 0.286. The van der Waals surface area contributed by atoms with E-state index in [1.54, 1.807) is 23.6 Å². The molecule has 0 spiro atoms. The number of fused-ring (bicyclic) bond motifs is 1. The molecule has 0 bridgehead atoms. The summed E-state index contributed by atoms with van der Waals surface area (Å²) in [5.74, 6) is -0.881. The van der Waals surface area contributed by atoms with Gasteiger partial charge in [0.05, 0.1) is 22.9 Å². The Labute approximate surface area is 130 Å². The van der Waals surface area contributed by atoms with Crippen LogP contribution in [0.3, 0.4) is 0 Å². The first-order chi connectivity index (χ1) is 10.6. The van der Waals surface area contributed by atoms with E-state index >= 15 is 0 Å². The first-order valence-corrected chi connectivity index (χ1v) is 7.60. The molecule has 0 saturated carbocycles. The summed E-state index contributed by atoms with van der Waals surface area (Å²) < 4.78 is 0. The lowest BCUT2D eigenvalue weighted by molar-refractivity contribution is -0.385. The standard InChI is InChI=1S/C14H13N3O4S/c18-13(19)7-9-8-22-14-15-11(5-6-16(9)14)10-3-1-2-4-12(10)17(20)21/h1-4,8,11H,5-7H2,(H,18,19). The second kappa shape index (κ2) is 5.80. The number of carbonyl (C=O) groups is 1. The fourth-order valence-corrected chi connectivity index (χ4v) is 3.59. The number of aliphatic carboxylic acids is 1. The van der Waals surface area contributed by atoms with Crippen LogP contribution in [-0.4, -0.2) is 32.6 Å². The van der Waals surface area contributed by atoms with E-state index in [1.165, 1.54) is 17.8 Å². The van der Waals surface area contributed by atoms with Gasteiger partial charge in [0.1, 0.15) is 0 Å². The van der Waals surface area contributed by atoms with Gasteiger partial charge in [0.25, 0.3) is 5.69 Å². The number of aliphatic imine (C=N–C) groups is 1. The molecule has 0 amide bonds. The largest absolute Gasteiger partial charge is 0.481 e. The normalized spacial score (nSPS) is 20.2. The minimum atomic E-state index is -0.881. The third kappa shape index (κ3) is 2.69. The number of para-hydroxylation sites is 1. The number of nitro groups is 1. The quantitative estimate of drug-likeness (QED) is 0.677. The number of carboxylic acids is 1. The molecule has 0 aromatic heterocycles. The summed E-state index contributed by atoms with van der Waals surface area (Å²) in [5.41, 5.74) is 1.40. The van der Waals surface area contributed by atoms with Gasteiger partial charge in [-0.2, -0.15) is 0 Å². The number of amidine groups is 1. The van der Waals surface area contributed by atoms with Crippen LogP contribution in [0.5, 0.6) is 0 Å². The lowest BCUT2D eigenvalue weighted by atomic mass is 10.0. The van der Waals surface area contributed by atoms with E-state index in [-0.39, 0.29) is 18.2 Å². The zero-order valence-electron chi connectivity index (χ0n) is 11.5. The number of hydrogen-bond acceptors (Lipinski definition) is 6. The first-order valence-electron chi connectivity index (χ1n) is 6.72. The smallest absolute Gasteiger partial charge is 0.309 e. The van der Waals surface area contributed by atoms with E-state index in [0.29, 0.717) is 23.7 Å². The van der Waals surface area contributed by atoms with Crippen LogP contribution in [0.2, 0.25) is 0 Å². The minimum Gasteiger partial charge on any atom is -0.481 e. The van der Waals surface area contributed by atoms with Crippen LogP contribution < -0.4 is 0 Å². The first kappa shape index (κ1) is 14.6. The zero-order chi connectivity index (χ0) is 15.7. The lowest BCUT2D eigenvalue weighted by Crippen LogP contribution is -2.31. The second-order valence-corrected chi connectivity index (χ2v) is 5.82. The molecule has 7 nitrogen and oxygen atoms in total. The fourth-order valence-electron chi connectivity index (χ4n) is 2.61. The molecule has 1 unspecified atom stereocenters. The number of benzene rings is 1. The van der Waals surface area contributed by atoms with E-state index in [9.17, 15) is 14.9 Å². The Hall–Kier alpha value is -2.35. The maximum absolute atomic E-state index is 11.1. The molecule has 0 aliphatic carbocycles. The Kier molecular flexibility index (Phi) is 3.84. The average molecular weight is 319 g/mol. The van der Waals surface area contributed by atoms with Crippen molar-refractivity contribution < 1.29 is 14.8 Å². The topological polar surface area (TPSA) is 96.0 Å². The summed E-state index contributed by atoms with van der Waals surface area (Å²) in [6.07, 6.45) is 0.577. The van der Waals surface area contributed by atoms with Crippen LogP contribution in [0, 0.1) is 10.1 Å². The van der Waals surface area contributed by atoms with E-state index in [2.05, 4.69) is 4.99 Å². The Morgan fingerprint density at radius 2 is 2.27 bits per heavy atom. The molecule has 0 fully saturated rings. The van der Waals surface area contributed by atoms with Crippen LogP contribution in [-0.2, 0) is 4.79 Å². The summed E-state index contributed by atoms with van der Waals surface area (Å²) in [6.45, 7) is 0.613. The maximum Gasteiger partial charge on any atom is 0.309 e. The van der Waals surface area contributed by atoms with Gasteiger partial charge in [-0.1, -0.05) is 23.9 Å². The number of carboxylic acid groups (broad SMARTS) is 1. The molecule has 2 aliphatic heterocycles. The Morgan fingerprint density at radius 1 is 1.50 bits per heavy atom. The van der Waals surface area contributed by atoms with Gasteiger partial charge in [-0.15, -0.1) is 0 Å². The Morgan fingerprint density at radius 3 is 3.00 bits per heavy atom. The molecule has 2 aliphatic rings. The summed E-state index contributed by atoms with van der Waals surface area (Å²) >= 11 is 1.37. The van der Waals surface area contributed by atoms with E-state index in [1.807, 2.05) is 4.90 Å². The van der Waals surface area contributed by atoms with Gasteiger partial charge in [0.2, 0.25) is 0 Å². The van der Waals surface area contributed by atoms with Crippen molar-refractivity contribution in [3.8, 4) is 0 Å². The molecule has 22 heavy (non-hydrogen) atoms. The zero-order valence-corrected chi connectivity index (χ0v) is 12.3. The predicted octanol–water partition coefficient (Wildman–Crippen LogP) is 2.76. The van der Waals surface area contributed by atoms with Crippen molar-refractivity contribution in [2.24, 2.45) is 4.99 Å². The second-order valence-electron chi connectivity index (χ2n) is 4.98. The van der Waals surface area contributed by atoms with Crippen LogP contribution >= 0.6 is 11.8 Å². The van der Waals surface area contributed by atoms with Crippen molar-refractivity contribution in [2.45, 2.75) is 18.9 Å². The molecular weight excluding hydrogens is 306 g/mol. The van der Waals surface area contributed by atoms with Gasteiger partial charge in [-0.05, 0) is 17.9 Å². The van der Waals surface area contributed by atoms with Crippen molar-refractivity contribution in [3.05, 3.63) is 51.0 Å². The van der Waals surface area contributed by atoms with E-state index < -0.39 is 10.9 Å². The summed E-state index contributed by atoms with van der Waals surface area (Å²) in [7, 11) is 0. The number of hydrogen-bond donors (Lipinski definition) is 1. The SMILES string of the molecule is O=C(O)CC1=CSC2=NC(c3ccccc3[N+](=O)[O-])CCN12. The minimum absolute atomic E-state index is 0.0395. The third-order valence-electron chi connectivity index (χ3n) is 3.60. The van der Waals surface area contributed by atoms with Crippen molar-refractivity contribution in [1.29, 1.82) is 0 Å². The molecule has 1 aromatic rings. The molecule has 3 rings (SSSR count). The molecule has 1 atom stereocenters. The summed E-state index contributed by atoms with van der Waals surface area (Å²) in [5, 5.41) is 22.5. The molecule has 0 saturated heterocycles. The molecule has 2 heterocycles. The highest BCUT2D eigenvalue weighted by molar-refractivity contribution is 8.16. The Bertz CT molecular complexity index is 701. The molecule has 1 aromatic carbocycles. The molecule has 8 heteroatoms. The molecule has 114 valence electrons. The molecule has 0 radical (unpaired) electrons. The van der Waals surface area contributed by atoms with Crippen LogP contribution in [0.25, 0.3) is 0 Å². The van der Waals surface area contributed by atoms with Crippen molar-refractivity contribution in [1.82, 2.24) is 4.90 Å². The third-order valence-corrected chi connectivity index (χ3v) is 4.52. The lowest BCUT2D eigenvalue weighted by Gasteiger charge is -2.29. The average Bonchev–Trinajstić information content (AvgIpc) is 2.89. The highest BCUT2D eigenvalue weighted by atomic mass is 32.2. The van der Waals surface area contributed by atoms with Crippen LogP contribution in [0.4, 0.5) is 5.69 Å². The van der Waals surface area contributed by atoms with E-state index in [0.717, 1.165) is 5.70 Å². The number of rotatable bonds is 4. The van der Waals surface area contributed by atoms with Crippen molar-refractivity contribution in [2.75, 3.05) is 6.54 Å². The maximum atomic E-state index is 11.1. The molecular formula is C14H13N3O4S. The van der Waals surface area contributed by atoms with Crippen LogP contribution in [0.15, 0.2) is 40.4 Å². The number of nitrogens with zero attached hydrogens (tertiary/aromatic N) is 3. The summed E-state index contributed by atoms with van der Waals surface area (Å²) in [6, 6.07) is 6.36. The van der Waals surface area contributed by atoms with Gasteiger partial charge in [-0.25, -0.2) is 0 Å². The van der Waals surface area contributed by atoms with Gasteiger partial charge < -0.3 is 10.0 Å². The Balaban J connectivity index is 1.86. The van der Waals surface area contributed by atoms with Gasteiger partial charge in [0, 0.05) is 18.3 Å². The van der Waals surface area contributed by atoms with Gasteiger partial charge in [0.15, 0.2) is 5.17 Å². The van der Waals surface area contributed by atoms with Crippen molar-refractivity contribution >= 4 is 28.6 Å². The number of nitro benzene ring substituents is 1.